The molecule has 0 bridgehead atoms. The van der Waals surface area contributed by atoms with E-state index in [-0.39, 0.29) is 22.4 Å². The molecule has 33 heavy (non-hydrogen) atoms. The fraction of sp³-hybridized carbons (Fsp3) is 0.125. The van der Waals surface area contributed by atoms with Gasteiger partial charge in [0.1, 0.15) is 11.5 Å². The van der Waals surface area contributed by atoms with Gasteiger partial charge in [0.15, 0.2) is 0 Å². The first-order valence-corrected chi connectivity index (χ1v) is 9.99. The molecule has 0 aliphatic carbocycles. The number of nitrogens with zero attached hydrogens (tertiary/aromatic N) is 1. The molecule has 3 amide bonds. The first-order valence-electron chi connectivity index (χ1n) is 9.99. The van der Waals surface area contributed by atoms with Crippen molar-refractivity contribution in [1.29, 1.82) is 0 Å². The Labute approximate surface area is 187 Å². The van der Waals surface area contributed by atoms with E-state index in [4.69, 9.17) is 4.74 Å². The largest absolute Gasteiger partial charge is 0.494 e. The monoisotopic (exact) mass is 452 g/mol. The average Bonchev–Trinajstić information content (AvgIpc) is 3.05. The molecule has 7 nitrogen and oxygen atoms in total. The minimum absolute atomic E-state index is 0.0426. The SMILES string of the molecule is CCOc1ccc(N2C(=O)c3ccc(C(=O)Nc4ccc(OC(F)F)cc4)cc3C2=O)cc1. The molecule has 1 heterocycles. The summed E-state index contributed by atoms with van der Waals surface area (Å²) in [4.78, 5) is 39.4. The Morgan fingerprint density at radius 3 is 2.18 bits per heavy atom. The van der Waals surface area contributed by atoms with Gasteiger partial charge < -0.3 is 14.8 Å². The van der Waals surface area contributed by atoms with Gasteiger partial charge in [-0.25, -0.2) is 4.90 Å². The fourth-order valence-corrected chi connectivity index (χ4v) is 3.40. The van der Waals surface area contributed by atoms with Crippen molar-refractivity contribution in [1.82, 2.24) is 0 Å². The van der Waals surface area contributed by atoms with Crippen LogP contribution in [0.2, 0.25) is 0 Å². The Balaban J connectivity index is 1.52. The summed E-state index contributed by atoms with van der Waals surface area (Å²) >= 11 is 0. The number of anilines is 2. The summed E-state index contributed by atoms with van der Waals surface area (Å²) in [6, 6.07) is 16.2. The number of fused-ring (bicyclic) bond motifs is 1. The van der Waals surface area contributed by atoms with Crippen LogP contribution in [0.4, 0.5) is 20.2 Å². The molecule has 168 valence electrons. The maximum Gasteiger partial charge on any atom is 0.387 e. The number of ether oxygens (including phenoxy) is 2. The Morgan fingerprint density at radius 2 is 1.55 bits per heavy atom. The van der Waals surface area contributed by atoms with Gasteiger partial charge >= 0.3 is 6.61 Å². The third-order valence-electron chi connectivity index (χ3n) is 4.89. The van der Waals surface area contributed by atoms with E-state index in [0.29, 0.717) is 23.7 Å². The third-order valence-corrected chi connectivity index (χ3v) is 4.89. The highest BCUT2D eigenvalue weighted by Crippen LogP contribution is 2.30. The minimum atomic E-state index is -2.95. The van der Waals surface area contributed by atoms with Gasteiger partial charge in [-0.2, -0.15) is 8.78 Å². The Bertz CT molecular complexity index is 1210. The maximum absolute atomic E-state index is 12.9. The quantitative estimate of drug-likeness (QED) is 0.524. The lowest BCUT2D eigenvalue weighted by Crippen LogP contribution is -2.29. The van der Waals surface area contributed by atoms with Crippen LogP contribution in [0.15, 0.2) is 66.7 Å². The maximum atomic E-state index is 12.9. The van der Waals surface area contributed by atoms with Gasteiger partial charge in [-0.05, 0) is 73.7 Å². The molecule has 0 saturated heterocycles. The van der Waals surface area contributed by atoms with Crippen LogP contribution in [0.1, 0.15) is 38.0 Å². The molecule has 1 aliphatic heterocycles. The lowest BCUT2D eigenvalue weighted by atomic mass is 10.1. The van der Waals surface area contributed by atoms with Crippen molar-refractivity contribution in [3.8, 4) is 11.5 Å². The number of carbonyl (C=O) groups excluding carboxylic acids is 3. The summed E-state index contributed by atoms with van der Waals surface area (Å²) in [5.74, 6) is -0.979. The summed E-state index contributed by atoms with van der Waals surface area (Å²) in [6.07, 6.45) is 0. The summed E-state index contributed by atoms with van der Waals surface area (Å²) in [6.45, 7) is -0.604. The van der Waals surface area contributed by atoms with E-state index in [1.54, 1.807) is 24.3 Å². The highest BCUT2D eigenvalue weighted by atomic mass is 19.3. The molecule has 0 fully saturated rings. The molecule has 0 spiro atoms. The molecule has 0 unspecified atom stereocenters. The number of rotatable bonds is 7. The van der Waals surface area contributed by atoms with Crippen molar-refractivity contribution in [3.63, 3.8) is 0 Å². The van der Waals surface area contributed by atoms with Crippen molar-refractivity contribution in [3.05, 3.63) is 83.4 Å². The van der Waals surface area contributed by atoms with Crippen LogP contribution in [0.25, 0.3) is 0 Å². The Morgan fingerprint density at radius 1 is 0.909 bits per heavy atom. The molecule has 9 heteroatoms. The molecular weight excluding hydrogens is 434 g/mol. The second-order valence-electron chi connectivity index (χ2n) is 6.99. The van der Waals surface area contributed by atoms with Crippen LogP contribution < -0.4 is 19.7 Å². The number of hydrogen-bond acceptors (Lipinski definition) is 5. The lowest BCUT2D eigenvalue weighted by Gasteiger charge is -2.14. The molecule has 0 radical (unpaired) electrons. The van der Waals surface area contributed by atoms with E-state index in [0.717, 1.165) is 4.90 Å². The number of carbonyl (C=O) groups is 3. The van der Waals surface area contributed by atoms with Crippen molar-refractivity contribution < 1.29 is 32.6 Å². The second kappa shape index (κ2) is 9.07. The van der Waals surface area contributed by atoms with Gasteiger partial charge in [0.25, 0.3) is 17.7 Å². The number of amides is 3. The molecule has 1 N–H and O–H groups in total. The number of halogens is 2. The van der Waals surface area contributed by atoms with E-state index >= 15 is 0 Å². The summed E-state index contributed by atoms with van der Waals surface area (Å²) < 4.78 is 34.2. The molecule has 4 rings (SSSR count). The lowest BCUT2D eigenvalue weighted by molar-refractivity contribution is -0.0498. The first-order chi connectivity index (χ1) is 15.9. The van der Waals surface area contributed by atoms with Crippen LogP contribution in [0.3, 0.4) is 0 Å². The average molecular weight is 452 g/mol. The van der Waals surface area contributed by atoms with Crippen LogP contribution in [-0.2, 0) is 0 Å². The zero-order chi connectivity index (χ0) is 23.5. The van der Waals surface area contributed by atoms with Crippen LogP contribution in [0.5, 0.6) is 11.5 Å². The van der Waals surface area contributed by atoms with Crippen LogP contribution >= 0.6 is 0 Å². The standard InChI is InChI=1S/C24H18F2N2O5/c1-2-32-17-10-6-16(7-11-17)28-22(30)19-12-3-14(13-20(19)23(28)31)21(29)27-15-4-8-18(9-5-15)33-24(25)26/h3-13,24H,2H2,1H3,(H,27,29). The highest BCUT2D eigenvalue weighted by molar-refractivity contribution is 6.34. The molecule has 1 aliphatic rings. The summed E-state index contributed by atoms with van der Waals surface area (Å²) in [5.41, 5.74) is 1.21. The van der Waals surface area contributed by atoms with Crippen molar-refractivity contribution in [2.24, 2.45) is 0 Å². The first kappa shape index (κ1) is 21.9. The van der Waals surface area contributed by atoms with E-state index < -0.39 is 24.3 Å². The molecule has 0 aromatic heterocycles. The van der Waals surface area contributed by atoms with Gasteiger partial charge in [0.05, 0.1) is 23.4 Å². The molecule has 3 aromatic carbocycles. The van der Waals surface area contributed by atoms with Gasteiger partial charge in [0, 0.05) is 11.3 Å². The molecule has 0 atom stereocenters. The van der Waals surface area contributed by atoms with Gasteiger partial charge in [0.2, 0.25) is 0 Å². The van der Waals surface area contributed by atoms with Crippen molar-refractivity contribution in [2.75, 3.05) is 16.8 Å². The van der Waals surface area contributed by atoms with Crippen LogP contribution in [0, 0.1) is 0 Å². The fourth-order valence-electron chi connectivity index (χ4n) is 3.40. The van der Waals surface area contributed by atoms with E-state index in [1.165, 1.54) is 42.5 Å². The zero-order valence-corrected chi connectivity index (χ0v) is 17.4. The van der Waals surface area contributed by atoms with Crippen LogP contribution in [-0.4, -0.2) is 30.9 Å². The zero-order valence-electron chi connectivity index (χ0n) is 17.4. The van der Waals surface area contributed by atoms with Crippen molar-refractivity contribution in [2.45, 2.75) is 13.5 Å². The topological polar surface area (TPSA) is 84.9 Å². The number of benzene rings is 3. The van der Waals surface area contributed by atoms with Gasteiger partial charge in [-0.15, -0.1) is 0 Å². The van der Waals surface area contributed by atoms with Gasteiger partial charge in [-0.3, -0.25) is 14.4 Å². The van der Waals surface area contributed by atoms with E-state index in [1.807, 2.05) is 6.92 Å². The smallest absolute Gasteiger partial charge is 0.387 e. The minimum Gasteiger partial charge on any atom is -0.494 e. The number of alkyl halides is 2. The predicted octanol–water partition coefficient (Wildman–Crippen LogP) is 4.74. The Hall–Kier alpha value is -4.27. The Kier molecular flexibility index (Phi) is 6.03. The predicted molar refractivity (Wildman–Crippen MR) is 116 cm³/mol. The molecular formula is C24H18F2N2O5. The number of imide groups is 1. The van der Waals surface area contributed by atoms with E-state index in [9.17, 15) is 23.2 Å². The molecule has 0 saturated carbocycles. The van der Waals surface area contributed by atoms with Crippen molar-refractivity contribution >= 4 is 29.1 Å². The highest BCUT2D eigenvalue weighted by Gasteiger charge is 2.37. The number of hydrogen-bond donors (Lipinski definition) is 1. The molecule has 3 aromatic rings. The van der Waals surface area contributed by atoms with E-state index in [2.05, 4.69) is 10.1 Å². The summed E-state index contributed by atoms with van der Waals surface area (Å²) in [5, 5.41) is 2.61. The van der Waals surface area contributed by atoms with Gasteiger partial charge in [-0.1, -0.05) is 0 Å². The second-order valence-corrected chi connectivity index (χ2v) is 6.99. The summed E-state index contributed by atoms with van der Waals surface area (Å²) in [7, 11) is 0. The third kappa shape index (κ3) is 4.52. The number of nitrogens with one attached hydrogen (secondary N) is 1. The normalized spacial score (nSPS) is 12.7.